The van der Waals surface area contributed by atoms with Crippen molar-refractivity contribution in [3.05, 3.63) is 11.6 Å². The molecule has 2 aliphatic heterocycles. The highest BCUT2D eigenvalue weighted by molar-refractivity contribution is 7.90. The molecule has 146 valence electrons. The third-order valence-corrected chi connectivity index (χ3v) is 4.99. The van der Waals surface area contributed by atoms with Crippen LogP contribution in [0.25, 0.3) is 0 Å². The Labute approximate surface area is 149 Å². The Morgan fingerprint density at radius 3 is 2.73 bits per heavy atom. The van der Waals surface area contributed by atoms with E-state index < -0.39 is 46.2 Å². The molecule has 2 bridgehead atoms. The van der Waals surface area contributed by atoms with Crippen LogP contribution < -0.4 is 5.32 Å². The van der Waals surface area contributed by atoms with Gasteiger partial charge in [-0.1, -0.05) is 6.08 Å². The molecule has 2 rings (SSSR count). The van der Waals surface area contributed by atoms with E-state index in [1.54, 1.807) is 6.92 Å². The molecule has 0 radical (unpaired) electrons. The van der Waals surface area contributed by atoms with Gasteiger partial charge in [0.05, 0.1) is 18.3 Å². The molecule has 1 unspecified atom stereocenters. The molecule has 0 aromatic rings. The Kier molecular flexibility index (Phi) is 5.86. The minimum atomic E-state index is -3.14. The molecule has 0 aliphatic carbocycles. The summed E-state index contributed by atoms with van der Waals surface area (Å²) in [6.07, 6.45) is 0.164. The SMILES string of the molecule is CC1=C[C@@H]2CN(C(=O)N2OC(F)C(=O)O)[C@@H]1C(=O)NCCCS(C)(=O)=O. The van der Waals surface area contributed by atoms with E-state index in [4.69, 9.17) is 5.11 Å². The fraction of sp³-hybridized carbons (Fsp3) is 0.643. The smallest absolute Gasteiger partial charge is 0.368 e. The number of hydrogen-bond acceptors (Lipinski definition) is 6. The van der Waals surface area contributed by atoms with Gasteiger partial charge >= 0.3 is 18.4 Å². The molecular weight excluding hydrogens is 373 g/mol. The second-order valence-corrected chi connectivity index (χ2v) is 8.44. The molecule has 2 aliphatic rings. The zero-order valence-electron chi connectivity index (χ0n) is 14.2. The number of nitrogens with zero attached hydrogens (tertiary/aromatic N) is 2. The summed E-state index contributed by atoms with van der Waals surface area (Å²) in [6.45, 7) is 1.78. The van der Waals surface area contributed by atoms with E-state index in [2.05, 4.69) is 10.2 Å². The molecule has 10 nitrogen and oxygen atoms in total. The number of hydrogen-bond donors (Lipinski definition) is 2. The Hall–Kier alpha value is -2.21. The van der Waals surface area contributed by atoms with Crippen LogP contribution >= 0.6 is 0 Å². The van der Waals surface area contributed by atoms with Crippen LogP contribution in [0.3, 0.4) is 0 Å². The lowest BCUT2D eigenvalue weighted by Crippen LogP contribution is -2.50. The normalized spacial score (nSPS) is 23.7. The largest absolute Gasteiger partial charge is 0.477 e. The maximum atomic E-state index is 13.3. The minimum absolute atomic E-state index is 0.0456. The van der Waals surface area contributed by atoms with E-state index in [0.29, 0.717) is 10.6 Å². The number of sulfone groups is 1. The summed E-state index contributed by atoms with van der Waals surface area (Å²) in [5.74, 6) is -2.45. The van der Waals surface area contributed by atoms with Crippen molar-refractivity contribution in [2.45, 2.75) is 31.8 Å². The van der Waals surface area contributed by atoms with Crippen molar-refractivity contribution in [1.82, 2.24) is 15.3 Å². The third kappa shape index (κ3) is 4.49. The first kappa shape index (κ1) is 20.1. The molecule has 2 N–H and O–H groups in total. The van der Waals surface area contributed by atoms with Gasteiger partial charge in [-0.05, 0) is 18.9 Å². The molecule has 12 heteroatoms. The maximum Gasteiger partial charge on any atom is 0.368 e. The third-order valence-electron chi connectivity index (χ3n) is 3.96. The van der Waals surface area contributed by atoms with Gasteiger partial charge in [-0.25, -0.2) is 27.2 Å². The lowest BCUT2D eigenvalue weighted by Gasteiger charge is -2.29. The fourth-order valence-electron chi connectivity index (χ4n) is 2.86. The van der Waals surface area contributed by atoms with E-state index in [-0.39, 0.29) is 25.3 Å². The van der Waals surface area contributed by atoms with Crippen molar-refractivity contribution in [2.75, 3.05) is 25.1 Å². The molecular formula is C14H20FN3O7S. The van der Waals surface area contributed by atoms with Gasteiger partial charge in [0.15, 0.2) is 0 Å². The van der Waals surface area contributed by atoms with Crippen molar-refractivity contribution in [2.24, 2.45) is 0 Å². The average molecular weight is 393 g/mol. The molecule has 0 aromatic carbocycles. The summed E-state index contributed by atoms with van der Waals surface area (Å²) >= 11 is 0. The van der Waals surface area contributed by atoms with Crippen molar-refractivity contribution in [3.8, 4) is 0 Å². The number of halogens is 1. The van der Waals surface area contributed by atoms with Gasteiger partial charge in [0, 0.05) is 12.8 Å². The van der Waals surface area contributed by atoms with Crippen LogP contribution in [0, 0.1) is 0 Å². The van der Waals surface area contributed by atoms with Gasteiger partial charge in [-0.15, -0.1) is 0 Å². The van der Waals surface area contributed by atoms with Crippen LogP contribution in [-0.2, 0) is 24.3 Å². The van der Waals surface area contributed by atoms with Crippen molar-refractivity contribution in [1.29, 1.82) is 0 Å². The number of hydroxylamine groups is 2. The van der Waals surface area contributed by atoms with Gasteiger partial charge in [-0.2, -0.15) is 5.06 Å². The lowest BCUT2D eigenvalue weighted by molar-refractivity contribution is -0.219. The van der Waals surface area contributed by atoms with Crippen molar-refractivity contribution < 1.29 is 37.1 Å². The first-order chi connectivity index (χ1) is 12.0. The highest BCUT2D eigenvalue weighted by Gasteiger charge is 2.48. The number of aliphatic carboxylic acids is 1. The predicted molar refractivity (Wildman–Crippen MR) is 86.2 cm³/mol. The maximum absolute atomic E-state index is 13.3. The van der Waals surface area contributed by atoms with Gasteiger partial charge in [0.25, 0.3) is 0 Å². The number of carbonyl (C=O) groups is 3. The molecule has 0 spiro atoms. The average Bonchev–Trinajstić information content (AvgIpc) is 2.75. The summed E-state index contributed by atoms with van der Waals surface area (Å²) in [4.78, 5) is 41.0. The second kappa shape index (κ2) is 7.58. The van der Waals surface area contributed by atoms with E-state index in [1.165, 1.54) is 6.08 Å². The number of rotatable bonds is 8. The molecule has 2 heterocycles. The summed E-state index contributed by atoms with van der Waals surface area (Å²) in [7, 11) is -3.14. The molecule has 1 saturated heterocycles. The Morgan fingerprint density at radius 1 is 1.50 bits per heavy atom. The summed E-state index contributed by atoms with van der Waals surface area (Å²) < 4.78 is 35.4. The van der Waals surface area contributed by atoms with E-state index in [0.717, 1.165) is 11.2 Å². The monoisotopic (exact) mass is 393 g/mol. The minimum Gasteiger partial charge on any atom is -0.477 e. The van der Waals surface area contributed by atoms with Crippen LogP contribution in [0.1, 0.15) is 13.3 Å². The number of fused-ring (bicyclic) bond motifs is 2. The van der Waals surface area contributed by atoms with Crippen molar-refractivity contribution >= 4 is 27.7 Å². The Morgan fingerprint density at radius 2 is 2.15 bits per heavy atom. The van der Waals surface area contributed by atoms with Crippen molar-refractivity contribution in [3.63, 3.8) is 0 Å². The van der Waals surface area contributed by atoms with Crippen LogP contribution in [0.4, 0.5) is 9.18 Å². The van der Waals surface area contributed by atoms with Gasteiger partial charge in [0.1, 0.15) is 15.9 Å². The highest BCUT2D eigenvalue weighted by Crippen LogP contribution is 2.30. The van der Waals surface area contributed by atoms with Crippen LogP contribution in [0.15, 0.2) is 11.6 Å². The van der Waals surface area contributed by atoms with Gasteiger partial charge in [-0.3, -0.25) is 4.79 Å². The first-order valence-electron chi connectivity index (χ1n) is 7.78. The first-order valence-corrected chi connectivity index (χ1v) is 9.84. The van der Waals surface area contributed by atoms with Gasteiger partial charge < -0.3 is 15.3 Å². The summed E-state index contributed by atoms with van der Waals surface area (Å²) in [5, 5.41) is 11.7. The standard InChI is InChI=1S/C14H20FN3O7S/c1-8-6-9-7-17(14(22)18(9)25-11(15)13(20)21)10(8)12(19)16-4-3-5-26(2,23)24/h6,9-11H,3-5,7H2,1-2H3,(H,16,19)(H,20,21)/t9-,10+,11?/m1/s1. The predicted octanol–water partition coefficient (Wildman–Crippen LogP) is -0.716. The number of amides is 3. The molecule has 0 aromatic heterocycles. The molecule has 0 saturated carbocycles. The Balaban J connectivity index is 2.01. The lowest BCUT2D eigenvalue weighted by atomic mass is 10.00. The quantitative estimate of drug-likeness (QED) is 0.411. The topological polar surface area (TPSA) is 133 Å². The molecule has 3 amide bonds. The zero-order chi connectivity index (χ0) is 19.6. The number of nitrogens with one attached hydrogen (secondary N) is 1. The van der Waals surface area contributed by atoms with Crippen LogP contribution in [-0.4, -0.2) is 84.9 Å². The van der Waals surface area contributed by atoms with E-state index in [9.17, 15) is 27.2 Å². The Bertz CT molecular complexity index is 739. The number of carbonyl (C=O) groups excluding carboxylic acids is 2. The number of carboxylic acids is 1. The molecule has 26 heavy (non-hydrogen) atoms. The highest BCUT2D eigenvalue weighted by atomic mass is 32.2. The van der Waals surface area contributed by atoms with E-state index >= 15 is 0 Å². The van der Waals surface area contributed by atoms with Gasteiger partial charge in [0.2, 0.25) is 5.91 Å². The van der Waals surface area contributed by atoms with E-state index in [1.807, 2.05) is 0 Å². The number of urea groups is 1. The summed E-state index contributed by atoms with van der Waals surface area (Å²) in [6, 6.07) is -2.47. The summed E-state index contributed by atoms with van der Waals surface area (Å²) in [5.41, 5.74) is 0.520. The molecule has 1 fully saturated rings. The van der Waals surface area contributed by atoms with Crippen LogP contribution in [0.5, 0.6) is 0 Å². The number of alkyl halides is 1. The molecule has 3 atom stereocenters. The van der Waals surface area contributed by atoms with Crippen LogP contribution in [0.2, 0.25) is 0 Å². The fourth-order valence-corrected chi connectivity index (χ4v) is 3.53. The zero-order valence-corrected chi connectivity index (χ0v) is 15.0. The number of carboxylic acid groups (broad SMARTS) is 1. The second-order valence-electron chi connectivity index (χ2n) is 6.18.